The highest BCUT2D eigenvalue weighted by molar-refractivity contribution is 6.30. The molecule has 1 saturated heterocycles. The van der Waals surface area contributed by atoms with Gasteiger partial charge in [-0.1, -0.05) is 54.1 Å². The van der Waals surface area contributed by atoms with E-state index in [0.717, 1.165) is 11.1 Å². The van der Waals surface area contributed by atoms with E-state index in [4.69, 9.17) is 11.6 Å². The van der Waals surface area contributed by atoms with Gasteiger partial charge in [0.15, 0.2) is 0 Å². The Labute approximate surface area is 129 Å². The summed E-state index contributed by atoms with van der Waals surface area (Å²) in [6.07, 6.45) is 0.608. The number of hydrogen-bond acceptors (Lipinski definition) is 2. The molecule has 1 amide bonds. The van der Waals surface area contributed by atoms with Crippen LogP contribution in [-0.2, 0) is 11.2 Å². The zero-order chi connectivity index (χ0) is 14.8. The number of carbonyl (C=O) groups excluding carboxylic acids is 1. The maximum Gasteiger partial charge on any atom is 0.241 e. The molecule has 2 aromatic carbocycles. The number of amides is 1. The summed E-state index contributed by atoms with van der Waals surface area (Å²) in [5.74, 6) is 0.124. The van der Waals surface area contributed by atoms with Crippen LogP contribution in [0.3, 0.4) is 0 Å². The molecule has 0 saturated carbocycles. The highest BCUT2D eigenvalue weighted by atomic mass is 35.5. The zero-order valence-corrected chi connectivity index (χ0v) is 12.5. The molecule has 4 heteroatoms. The van der Waals surface area contributed by atoms with Crippen molar-refractivity contribution in [3.8, 4) is 0 Å². The molecule has 1 aliphatic rings. The summed E-state index contributed by atoms with van der Waals surface area (Å²) in [5.41, 5.74) is 2.21. The van der Waals surface area contributed by atoms with Gasteiger partial charge in [0.2, 0.25) is 5.91 Å². The predicted octanol–water partition coefficient (Wildman–Crippen LogP) is 3.01. The first-order valence-corrected chi connectivity index (χ1v) is 7.35. The van der Waals surface area contributed by atoms with Crippen LogP contribution in [0.15, 0.2) is 54.6 Å². The first-order valence-electron chi connectivity index (χ1n) is 6.97. The van der Waals surface area contributed by atoms with Crippen molar-refractivity contribution in [3.05, 3.63) is 70.7 Å². The molecular formula is C17H17ClN2O. The molecule has 2 atom stereocenters. The maximum absolute atomic E-state index is 12.4. The minimum atomic E-state index is -0.182. The van der Waals surface area contributed by atoms with Gasteiger partial charge in [-0.2, -0.15) is 0 Å². The standard InChI is InChI=1S/C17H17ClN2O/c1-20-16(13-7-9-14(18)10-8-13)19-15(17(20)21)11-12-5-3-2-4-6-12/h2-10,15-16,19H,11H2,1H3. The third kappa shape index (κ3) is 2.94. The third-order valence-electron chi connectivity index (χ3n) is 3.86. The molecule has 0 radical (unpaired) electrons. The maximum atomic E-state index is 12.4. The minimum Gasteiger partial charge on any atom is -0.325 e. The minimum absolute atomic E-state index is 0.0940. The molecular weight excluding hydrogens is 284 g/mol. The average Bonchev–Trinajstić information content (AvgIpc) is 2.78. The van der Waals surface area contributed by atoms with Gasteiger partial charge in [-0.05, 0) is 29.7 Å². The second kappa shape index (κ2) is 5.88. The molecule has 3 nitrogen and oxygen atoms in total. The van der Waals surface area contributed by atoms with Crippen LogP contribution in [0.25, 0.3) is 0 Å². The van der Waals surface area contributed by atoms with E-state index >= 15 is 0 Å². The quantitative estimate of drug-likeness (QED) is 0.945. The van der Waals surface area contributed by atoms with Crippen molar-refractivity contribution in [2.24, 2.45) is 0 Å². The van der Waals surface area contributed by atoms with Crippen LogP contribution in [0.5, 0.6) is 0 Å². The molecule has 2 unspecified atom stereocenters. The molecule has 0 spiro atoms. The molecule has 1 aliphatic heterocycles. The molecule has 0 aromatic heterocycles. The van der Waals surface area contributed by atoms with Gasteiger partial charge in [-0.3, -0.25) is 10.1 Å². The zero-order valence-electron chi connectivity index (χ0n) is 11.8. The van der Waals surface area contributed by atoms with E-state index in [9.17, 15) is 4.79 Å². The molecule has 21 heavy (non-hydrogen) atoms. The van der Waals surface area contributed by atoms with Crippen molar-refractivity contribution in [1.82, 2.24) is 10.2 Å². The van der Waals surface area contributed by atoms with E-state index in [1.807, 2.05) is 61.6 Å². The van der Waals surface area contributed by atoms with Crippen molar-refractivity contribution in [1.29, 1.82) is 0 Å². The number of nitrogens with one attached hydrogen (secondary N) is 1. The van der Waals surface area contributed by atoms with E-state index in [2.05, 4.69) is 5.32 Å². The first-order chi connectivity index (χ1) is 10.1. The molecule has 1 fully saturated rings. The number of rotatable bonds is 3. The second-order valence-corrected chi connectivity index (χ2v) is 5.75. The van der Waals surface area contributed by atoms with Crippen LogP contribution in [0.1, 0.15) is 17.3 Å². The summed E-state index contributed by atoms with van der Waals surface area (Å²) >= 11 is 5.92. The predicted molar refractivity (Wildman–Crippen MR) is 84.0 cm³/mol. The van der Waals surface area contributed by atoms with E-state index in [1.165, 1.54) is 0 Å². The summed E-state index contributed by atoms with van der Waals surface area (Å²) < 4.78 is 0. The Morgan fingerprint density at radius 3 is 2.43 bits per heavy atom. The highest BCUT2D eigenvalue weighted by Crippen LogP contribution is 2.26. The number of benzene rings is 2. The van der Waals surface area contributed by atoms with Gasteiger partial charge >= 0.3 is 0 Å². The van der Waals surface area contributed by atoms with E-state index in [0.29, 0.717) is 11.4 Å². The number of halogens is 1. The monoisotopic (exact) mass is 300 g/mol. The summed E-state index contributed by atoms with van der Waals surface area (Å²) in [6, 6.07) is 17.5. The number of hydrogen-bond donors (Lipinski definition) is 1. The smallest absolute Gasteiger partial charge is 0.241 e. The number of nitrogens with zero attached hydrogens (tertiary/aromatic N) is 1. The van der Waals surface area contributed by atoms with Crippen molar-refractivity contribution in [2.75, 3.05) is 7.05 Å². The number of carbonyl (C=O) groups is 1. The molecule has 3 rings (SSSR count). The van der Waals surface area contributed by atoms with Crippen molar-refractivity contribution in [3.63, 3.8) is 0 Å². The fraction of sp³-hybridized carbons (Fsp3) is 0.235. The van der Waals surface area contributed by atoms with Gasteiger partial charge in [0.05, 0.1) is 6.04 Å². The lowest BCUT2D eigenvalue weighted by Gasteiger charge is -2.19. The van der Waals surface area contributed by atoms with Crippen molar-refractivity contribution >= 4 is 17.5 Å². The Kier molecular flexibility index (Phi) is 3.95. The van der Waals surface area contributed by atoms with Crippen LogP contribution in [0.2, 0.25) is 5.02 Å². The Morgan fingerprint density at radius 1 is 1.10 bits per heavy atom. The topological polar surface area (TPSA) is 32.3 Å². The van der Waals surface area contributed by atoms with Gasteiger partial charge in [-0.15, -0.1) is 0 Å². The summed E-state index contributed by atoms with van der Waals surface area (Å²) in [7, 11) is 1.83. The summed E-state index contributed by atoms with van der Waals surface area (Å²) in [6.45, 7) is 0. The van der Waals surface area contributed by atoms with Crippen LogP contribution in [0, 0.1) is 0 Å². The van der Waals surface area contributed by atoms with E-state index in [1.54, 1.807) is 4.90 Å². The molecule has 0 aliphatic carbocycles. The van der Waals surface area contributed by atoms with E-state index in [-0.39, 0.29) is 18.1 Å². The van der Waals surface area contributed by atoms with Gasteiger partial charge < -0.3 is 4.90 Å². The molecule has 1 heterocycles. The SMILES string of the molecule is CN1C(=O)C(Cc2ccccc2)NC1c1ccc(Cl)cc1. The average molecular weight is 301 g/mol. The fourth-order valence-electron chi connectivity index (χ4n) is 2.71. The number of likely N-dealkylation sites (N-methyl/N-ethyl adjacent to an activating group) is 1. The largest absolute Gasteiger partial charge is 0.325 e. The van der Waals surface area contributed by atoms with Crippen LogP contribution < -0.4 is 5.32 Å². The fourth-order valence-corrected chi connectivity index (χ4v) is 2.83. The molecule has 108 valence electrons. The van der Waals surface area contributed by atoms with Gasteiger partial charge in [0.1, 0.15) is 6.17 Å². The first kappa shape index (κ1) is 14.1. The lowest BCUT2D eigenvalue weighted by atomic mass is 10.1. The second-order valence-electron chi connectivity index (χ2n) is 5.31. The molecule has 2 aromatic rings. The Hall–Kier alpha value is -1.84. The van der Waals surface area contributed by atoms with Crippen LogP contribution in [0.4, 0.5) is 0 Å². The van der Waals surface area contributed by atoms with Crippen LogP contribution >= 0.6 is 11.6 Å². The van der Waals surface area contributed by atoms with Crippen LogP contribution in [-0.4, -0.2) is 23.9 Å². The Morgan fingerprint density at radius 2 is 1.76 bits per heavy atom. The van der Waals surface area contributed by atoms with Gasteiger partial charge in [0, 0.05) is 12.1 Å². The summed E-state index contributed by atoms with van der Waals surface area (Å²) in [4.78, 5) is 14.2. The lowest BCUT2D eigenvalue weighted by molar-refractivity contribution is -0.128. The highest BCUT2D eigenvalue weighted by Gasteiger charge is 2.36. The van der Waals surface area contributed by atoms with Crippen molar-refractivity contribution < 1.29 is 4.79 Å². The Bertz CT molecular complexity index is 627. The molecule has 1 N–H and O–H groups in total. The Balaban J connectivity index is 1.77. The molecule has 0 bridgehead atoms. The van der Waals surface area contributed by atoms with Crippen molar-refractivity contribution in [2.45, 2.75) is 18.6 Å². The lowest BCUT2D eigenvalue weighted by Crippen LogP contribution is -2.31. The normalized spacial score (nSPS) is 21.8. The third-order valence-corrected chi connectivity index (χ3v) is 4.11. The van der Waals surface area contributed by atoms with Gasteiger partial charge in [-0.25, -0.2) is 0 Å². The summed E-state index contributed by atoms with van der Waals surface area (Å²) in [5, 5.41) is 4.11. The van der Waals surface area contributed by atoms with E-state index < -0.39 is 0 Å². The van der Waals surface area contributed by atoms with Gasteiger partial charge in [0.25, 0.3) is 0 Å².